The normalized spacial score (nSPS) is 21.0. The Hall–Kier alpha value is -4.37. The van der Waals surface area contributed by atoms with Gasteiger partial charge in [-0.1, -0.05) is 0 Å². The van der Waals surface area contributed by atoms with Gasteiger partial charge in [0.25, 0.3) is 0 Å². The molecule has 206 valence electrons. The number of rotatable bonds is 8. The van der Waals surface area contributed by atoms with E-state index in [9.17, 15) is 9.47 Å². The Bertz CT molecular complexity index is 1640. The fraction of sp³-hybridized carbons (Fsp3) is 0.357. The third kappa shape index (κ3) is 5.37. The molecular formula is C28H29N7O4S. The monoisotopic (exact) mass is 559 g/mol. The number of pyridine rings is 3. The maximum Gasteiger partial charge on any atom is 0.213 e. The highest BCUT2D eigenvalue weighted by molar-refractivity contribution is 7.93. The van der Waals surface area contributed by atoms with Crippen LogP contribution in [0.15, 0.2) is 55.1 Å². The summed E-state index contributed by atoms with van der Waals surface area (Å²) in [5.41, 5.74) is 2.80. The summed E-state index contributed by atoms with van der Waals surface area (Å²) < 4.78 is 38.2. The van der Waals surface area contributed by atoms with Crippen molar-refractivity contribution in [3.05, 3.63) is 60.7 Å². The van der Waals surface area contributed by atoms with Gasteiger partial charge in [-0.05, 0) is 24.3 Å². The lowest BCUT2D eigenvalue weighted by atomic mass is 10.0. The van der Waals surface area contributed by atoms with Crippen LogP contribution in [0, 0.1) is 22.0 Å². The summed E-state index contributed by atoms with van der Waals surface area (Å²) >= 11 is 0. The van der Waals surface area contributed by atoms with Crippen LogP contribution < -0.4 is 19.1 Å². The molecule has 6 rings (SSSR count). The van der Waals surface area contributed by atoms with Crippen molar-refractivity contribution in [3.8, 4) is 34.6 Å². The van der Waals surface area contributed by atoms with Crippen LogP contribution in [-0.2, 0) is 9.73 Å². The first-order chi connectivity index (χ1) is 19.4. The van der Waals surface area contributed by atoms with E-state index >= 15 is 0 Å². The summed E-state index contributed by atoms with van der Waals surface area (Å²) in [6.07, 6.45) is 8.63. The van der Waals surface area contributed by atoms with Gasteiger partial charge in [0.1, 0.15) is 29.5 Å². The van der Waals surface area contributed by atoms with Crippen molar-refractivity contribution in [1.82, 2.24) is 19.6 Å². The Morgan fingerprint density at radius 1 is 1.10 bits per heavy atom. The highest BCUT2D eigenvalue weighted by atomic mass is 32.2. The average Bonchev–Trinajstić information content (AvgIpc) is 3.38. The smallest absolute Gasteiger partial charge is 0.213 e. The molecule has 0 atom stereocenters. The van der Waals surface area contributed by atoms with Crippen molar-refractivity contribution in [2.75, 3.05) is 43.2 Å². The quantitative estimate of drug-likeness (QED) is 0.342. The Labute approximate surface area is 232 Å². The lowest BCUT2D eigenvalue weighted by Crippen LogP contribution is -2.39. The molecule has 2 fully saturated rings. The number of hydrogen-bond acceptors (Lipinski definition) is 10. The van der Waals surface area contributed by atoms with Crippen LogP contribution in [0.1, 0.15) is 18.4 Å². The molecule has 0 aromatic carbocycles. The molecule has 4 aromatic heterocycles. The highest BCUT2D eigenvalue weighted by Gasteiger charge is 2.30. The van der Waals surface area contributed by atoms with Gasteiger partial charge >= 0.3 is 0 Å². The maximum atomic E-state index is 11.7. The van der Waals surface area contributed by atoms with E-state index in [-0.39, 0.29) is 12.0 Å². The first-order valence-corrected chi connectivity index (χ1v) is 15.0. The van der Waals surface area contributed by atoms with Crippen molar-refractivity contribution in [2.24, 2.45) is 5.92 Å². The van der Waals surface area contributed by atoms with Crippen LogP contribution in [-0.4, -0.2) is 68.2 Å². The van der Waals surface area contributed by atoms with Gasteiger partial charge in [-0.15, -0.1) is 0 Å². The van der Waals surface area contributed by atoms with Crippen molar-refractivity contribution >= 4 is 21.1 Å². The number of piperidine rings is 1. The van der Waals surface area contributed by atoms with Gasteiger partial charge in [-0.2, -0.15) is 10.4 Å². The van der Waals surface area contributed by atoms with Gasteiger partial charge < -0.3 is 19.1 Å². The molecule has 0 spiro atoms. The summed E-state index contributed by atoms with van der Waals surface area (Å²) in [6.45, 7) is 2.03. The molecule has 12 heteroatoms. The zero-order valence-electron chi connectivity index (χ0n) is 22.0. The maximum absolute atomic E-state index is 11.7. The second kappa shape index (κ2) is 10.7. The summed E-state index contributed by atoms with van der Waals surface area (Å²) in [6, 6.07) is 11.8. The number of anilines is 1. The van der Waals surface area contributed by atoms with Crippen LogP contribution in [0.3, 0.4) is 0 Å². The lowest BCUT2D eigenvalue weighted by molar-refractivity contribution is 0.170. The van der Waals surface area contributed by atoms with E-state index in [0.717, 1.165) is 48.6 Å². The number of methoxy groups -OCH3 is 1. The fourth-order valence-corrected chi connectivity index (χ4v) is 6.80. The van der Waals surface area contributed by atoms with E-state index in [2.05, 4.69) is 21.1 Å². The highest BCUT2D eigenvalue weighted by Crippen LogP contribution is 2.32. The SMILES string of the molecule is COc1ccc(OC2CCN(c3ccc(-c4cc(OCC5CS(=N)(=O)C5)cn5ncc(C#N)c45)cn3)CC2)cn1. The standard InChI is InChI=1S/C28H29N7O4S/c1-37-27-5-3-23(14-32-27)39-22-6-8-34(9-7-22)26-4-2-20(12-31-26)25-10-24(38-16-19-17-40(30,36)18-19)15-35-28(25)21(11-29)13-33-35/h2-5,10,12-15,19,22,30H,6-9,16-18H2,1H3. The Balaban J connectivity index is 1.15. The lowest BCUT2D eigenvalue weighted by Gasteiger charge is -2.33. The van der Waals surface area contributed by atoms with E-state index in [1.54, 1.807) is 36.3 Å². The van der Waals surface area contributed by atoms with Crippen LogP contribution in [0.2, 0.25) is 0 Å². The summed E-state index contributed by atoms with van der Waals surface area (Å²) in [5.74, 6) is 3.63. The Morgan fingerprint density at radius 3 is 2.58 bits per heavy atom. The molecule has 2 aliphatic rings. The number of fused-ring (bicyclic) bond motifs is 1. The molecule has 6 heterocycles. The van der Waals surface area contributed by atoms with Gasteiger partial charge in [-0.3, -0.25) is 4.78 Å². The van der Waals surface area contributed by atoms with Crippen LogP contribution in [0.4, 0.5) is 5.82 Å². The molecule has 2 aliphatic heterocycles. The van der Waals surface area contributed by atoms with Crippen molar-refractivity contribution < 1.29 is 18.4 Å². The van der Waals surface area contributed by atoms with Crippen LogP contribution >= 0.6 is 0 Å². The summed E-state index contributed by atoms with van der Waals surface area (Å²) in [5, 5.41) is 14.0. The van der Waals surface area contributed by atoms with Gasteiger partial charge in [-0.25, -0.2) is 18.7 Å². The molecule has 0 radical (unpaired) electrons. The predicted octanol–water partition coefficient (Wildman–Crippen LogP) is 3.77. The molecular weight excluding hydrogens is 530 g/mol. The number of ether oxygens (including phenoxy) is 3. The van der Waals surface area contributed by atoms with Crippen molar-refractivity contribution in [1.29, 1.82) is 10.0 Å². The van der Waals surface area contributed by atoms with E-state index < -0.39 is 9.73 Å². The van der Waals surface area contributed by atoms with E-state index in [1.165, 1.54) is 0 Å². The van der Waals surface area contributed by atoms with E-state index in [1.807, 2.05) is 30.5 Å². The molecule has 2 saturated heterocycles. The first kappa shape index (κ1) is 25.9. The zero-order chi connectivity index (χ0) is 27.7. The predicted molar refractivity (Wildman–Crippen MR) is 149 cm³/mol. The molecule has 1 N–H and O–H groups in total. The third-order valence-electron chi connectivity index (χ3n) is 7.25. The number of nitrogens with one attached hydrogen (secondary N) is 1. The Morgan fingerprint density at radius 2 is 1.93 bits per heavy atom. The number of nitrogens with zero attached hydrogens (tertiary/aromatic N) is 6. The fourth-order valence-electron chi connectivity index (χ4n) is 5.19. The van der Waals surface area contributed by atoms with Crippen molar-refractivity contribution in [3.63, 3.8) is 0 Å². The largest absolute Gasteiger partial charge is 0.492 e. The minimum Gasteiger partial charge on any atom is -0.492 e. The second-order valence-corrected chi connectivity index (χ2v) is 12.4. The van der Waals surface area contributed by atoms with Gasteiger partial charge in [0.15, 0.2) is 0 Å². The van der Waals surface area contributed by atoms with Crippen LogP contribution in [0.5, 0.6) is 17.4 Å². The molecule has 0 amide bonds. The molecule has 11 nitrogen and oxygen atoms in total. The van der Waals surface area contributed by atoms with Gasteiger partial charge in [0.2, 0.25) is 5.88 Å². The minimum atomic E-state index is -2.41. The first-order valence-electron chi connectivity index (χ1n) is 13.1. The van der Waals surface area contributed by atoms with E-state index in [0.29, 0.717) is 40.8 Å². The number of hydrogen-bond donors (Lipinski definition) is 1. The molecule has 0 saturated carbocycles. The topological polar surface area (TPSA) is 139 Å². The Kier molecular flexibility index (Phi) is 6.89. The summed E-state index contributed by atoms with van der Waals surface area (Å²) in [4.78, 5) is 11.2. The van der Waals surface area contributed by atoms with Crippen LogP contribution in [0.25, 0.3) is 16.6 Å². The number of nitriles is 1. The zero-order valence-corrected chi connectivity index (χ0v) is 22.8. The molecule has 0 aliphatic carbocycles. The van der Waals surface area contributed by atoms with E-state index in [4.69, 9.17) is 24.0 Å². The summed E-state index contributed by atoms with van der Waals surface area (Å²) in [7, 11) is -0.826. The van der Waals surface area contributed by atoms with Gasteiger partial charge in [0.05, 0.1) is 43.4 Å². The average molecular weight is 560 g/mol. The molecule has 0 bridgehead atoms. The number of aromatic nitrogens is 4. The third-order valence-corrected chi connectivity index (χ3v) is 9.27. The molecule has 0 unspecified atom stereocenters. The van der Waals surface area contributed by atoms with Crippen molar-refractivity contribution in [2.45, 2.75) is 18.9 Å². The minimum absolute atomic E-state index is 0.111. The second-order valence-electron chi connectivity index (χ2n) is 10.1. The van der Waals surface area contributed by atoms with Gasteiger partial charge in [0, 0.05) is 76.5 Å². The molecule has 40 heavy (non-hydrogen) atoms. The molecule has 4 aromatic rings.